The summed E-state index contributed by atoms with van der Waals surface area (Å²) < 4.78 is 5.29. The van der Waals surface area contributed by atoms with Gasteiger partial charge in [-0.2, -0.15) is 0 Å². The lowest BCUT2D eigenvalue weighted by atomic mass is 9.80. The third-order valence-corrected chi connectivity index (χ3v) is 5.16. The number of dihydropyridines is 1. The minimum Gasteiger partial charge on any atom is -0.463 e. The fraction of sp³-hybridized carbons (Fsp3) is 0.182. The SMILES string of the molecule is CCOC(=O)C1=C(C)NC2=C(C(=O)c3ccccc32)[C@H]1c1cccc(Cl)c1. The number of carbonyl (C=O) groups excluding carboxylic acids is 2. The molecular weight excluding hydrogens is 362 g/mol. The van der Waals surface area contributed by atoms with Crippen molar-refractivity contribution in [3.05, 3.63) is 87.1 Å². The van der Waals surface area contributed by atoms with E-state index in [0.29, 0.717) is 27.4 Å². The molecule has 5 heteroatoms. The zero-order valence-corrected chi connectivity index (χ0v) is 15.8. The largest absolute Gasteiger partial charge is 0.463 e. The van der Waals surface area contributed by atoms with Crippen LogP contribution in [0.25, 0.3) is 5.70 Å². The highest BCUT2D eigenvalue weighted by atomic mass is 35.5. The van der Waals surface area contributed by atoms with Gasteiger partial charge in [-0.05, 0) is 31.5 Å². The monoisotopic (exact) mass is 379 g/mol. The molecule has 2 aliphatic rings. The van der Waals surface area contributed by atoms with Crippen LogP contribution in [0.15, 0.2) is 65.4 Å². The van der Waals surface area contributed by atoms with E-state index < -0.39 is 11.9 Å². The van der Waals surface area contributed by atoms with Gasteiger partial charge in [-0.25, -0.2) is 4.79 Å². The van der Waals surface area contributed by atoms with Crippen molar-refractivity contribution in [1.82, 2.24) is 5.32 Å². The van der Waals surface area contributed by atoms with E-state index in [0.717, 1.165) is 16.8 Å². The van der Waals surface area contributed by atoms with Crippen LogP contribution in [0.1, 0.15) is 41.3 Å². The number of Topliss-reactive ketones (excluding diaryl/α,β-unsaturated/α-hetero) is 1. The highest BCUT2D eigenvalue weighted by molar-refractivity contribution is 6.30. The van der Waals surface area contributed by atoms with Gasteiger partial charge in [0.2, 0.25) is 0 Å². The molecule has 2 aromatic rings. The molecule has 1 atom stereocenters. The fourth-order valence-electron chi connectivity index (χ4n) is 3.83. The van der Waals surface area contributed by atoms with Gasteiger partial charge in [-0.3, -0.25) is 4.79 Å². The maximum absolute atomic E-state index is 13.2. The maximum Gasteiger partial charge on any atom is 0.336 e. The molecule has 1 N–H and O–H groups in total. The lowest BCUT2D eigenvalue weighted by Crippen LogP contribution is -2.29. The van der Waals surface area contributed by atoms with E-state index in [9.17, 15) is 9.59 Å². The standard InChI is InChI=1S/C22H18ClNO3/c1-3-27-22(26)17-12(2)24-20-15-9-4-5-10-16(15)21(25)19(20)18(17)13-7-6-8-14(23)11-13/h4-11,18,24H,3H2,1-2H3/t18-/m0/s1. The predicted molar refractivity (Wildman–Crippen MR) is 104 cm³/mol. The van der Waals surface area contributed by atoms with Crippen LogP contribution in [-0.4, -0.2) is 18.4 Å². The highest BCUT2D eigenvalue weighted by Gasteiger charge is 2.42. The summed E-state index contributed by atoms with van der Waals surface area (Å²) in [5.74, 6) is -1.03. The van der Waals surface area contributed by atoms with Gasteiger partial charge >= 0.3 is 5.97 Å². The van der Waals surface area contributed by atoms with Crippen LogP contribution in [0.4, 0.5) is 0 Å². The number of hydrogen-bond acceptors (Lipinski definition) is 4. The second-order valence-electron chi connectivity index (χ2n) is 6.54. The minimum absolute atomic E-state index is 0.0765. The zero-order chi connectivity index (χ0) is 19.1. The number of carbonyl (C=O) groups is 2. The van der Waals surface area contributed by atoms with Crippen molar-refractivity contribution < 1.29 is 14.3 Å². The summed E-state index contributed by atoms with van der Waals surface area (Å²) in [5, 5.41) is 3.83. The number of rotatable bonds is 3. The van der Waals surface area contributed by atoms with Gasteiger partial charge in [-0.1, -0.05) is 48.0 Å². The summed E-state index contributed by atoms with van der Waals surface area (Å²) in [4.78, 5) is 26.0. The van der Waals surface area contributed by atoms with Crippen molar-refractivity contribution in [2.24, 2.45) is 0 Å². The molecular formula is C22H18ClNO3. The first-order chi connectivity index (χ1) is 13.0. The molecule has 0 spiro atoms. The van der Waals surface area contributed by atoms with Gasteiger partial charge in [0.05, 0.1) is 17.9 Å². The summed E-state index contributed by atoms with van der Waals surface area (Å²) in [5.41, 5.74) is 4.73. The molecule has 0 fully saturated rings. The van der Waals surface area contributed by atoms with Gasteiger partial charge in [0.15, 0.2) is 5.78 Å². The van der Waals surface area contributed by atoms with Crippen LogP contribution in [0, 0.1) is 0 Å². The smallest absolute Gasteiger partial charge is 0.336 e. The molecule has 2 aromatic carbocycles. The number of nitrogens with one attached hydrogen (secondary N) is 1. The number of allylic oxidation sites excluding steroid dienone is 2. The molecule has 136 valence electrons. The number of halogens is 1. The van der Waals surface area contributed by atoms with E-state index in [1.165, 1.54) is 0 Å². The van der Waals surface area contributed by atoms with Crippen molar-refractivity contribution >= 4 is 29.1 Å². The molecule has 0 unspecified atom stereocenters. The van der Waals surface area contributed by atoms with Crippen LogP contribution >= 0.6 is 11.6 Å². The zero-order valence-electron chi connectivity index (χ0n) is 15.0. The maximum atomic E-state index is 13.2. The Kier molecular flexibility index (Phi) is 4.36. The number of ketones is 1. The van der Waals surface area contributed by atoms with E-state index in [1.54, 1.807) is 19.1 Å². The molecule has 0 bridgehead atoms. The Bertz CT molecular complexity index is 1040. The Balaban J connectivity index is 1.94. The van der Waals surface area contributed by atoms with E-state index in [1.807, 2.05) is 43.3 Å². The van der Waals surface area contributed by atoms with Gasteiger partial charge in [0, 0.05) is 33.3 Å². The minimum atomic E-state index is -0.529. The van der Waals surface area contributed by atoms with Crippen molar-refractivity contribution in [2.45, 2.75) is 19.8 Å². The van der Waals surface area contributed by atoms with Crippen molar-refractivity contribution in [2.75, 3.05) is 6.61 Å². The molecule has 27 heavy (non-hydrogen) atoms. The Morgan fingerprint density at radius 3 is 2.59 bits per heavy atom. The molecule has 0 amide bonds. The Hall–Kier alpha value is -2.85. The second-order valence-corrected chi connectivity index (χ2v) is 6.97. The van der Waals surface area contributed by atoms with Crippen LogP contribution < -0.4 is 5.32 Å². The lowest BCUT2D eigenvalue weighted by Gasteiger charge is -2.29. The number of fused-ring (bicyclic) bond motifs is 2. The van der Waals surface area contributed by atoms with Crippen LogP contribution in [-0.2, 0) is 9.53 Å². The first-order valence-electron chi connectivity index (χ1n) is 8.81. The van der Waals surface area contributed by atoms with E-state index in [2.05, 4.69) is 5.32 Å². The number of benzene rings is 2. The van der Waals surface area contributed by atoms with Crippen molar-refractivity contribution in [1.29, 1.82) is 0 Å². The number of hydrogen-bond donors (Lipinski definition) is 1. The highest BCUT2D eigenvalue weighted by Crippen LogP contribution is 2.46. The number of esters is 1. The van der Waals surface area contributed by atoms with Gasteiger partial charge < -0.3 is 10.1 Å². The Morgan fingerprint density at radius 1 is 1.15 bits per heavy atom. The average molecular weight is 380 g/mol. The molecule has 0 radical (unpaired) electrons. The van der Waals surface area contributed by atoms with Crippen molar-refractivity contribution in [3.63, 3.8) is 0 Å². The fourth-order valence-corrected chi connectivity index (χ4v) is 4.03. The van der Waals surface area contributed by atoms with Crippen molar-refractivity contribution in [3.8, 4) is 0 Å². The second kappa shape index (κ2) is 6.71. The molecule has 4 rings (SSSR count). The molecule has 4 nitrogen and oxygen atoms in total. The topological polar surface area (TPSA) is 55.4 Å². The summed E-state index contributed by atoms with van der Waals surface area (Å²) in [6.45, 7) is 3.86. The molecule has 0 aromatic heterocycles. The third kappa shape index (κ3) is 2.77. The molecule has 1 heterocycles. The average Bonchev–Trinajstić information content (AvgIpc) is 2.93. The molecule has 1 aliphatic heterocycles. The van der Waals surface area contributed by atoms with E-state index in [4.69, 9.17) is 16.3 Å². The van der Waals surface area contributed by atoms with Gasteiger partial charge in [0.1, 0.15) is 0 Å². The van der Waals surface area contributed by atoms with Crippen LogP contribution in [0.2, 0.25) is 5.02 Å². The Morgan fingerprint density at radius 2 is 1.89 bits per heavy atom. The third-order valence-electron chi connectivity index (χ3n) is 4.93. The predicted octanol–water partition coefficient (Wildman–Crippen LogP) is 4.47. The van der Waals surface area contributed by atoms with E-state index >= 15 is 0 Å². The summed E-state index contributed by atoms with van der Waals surface area (Å²) in [6, 6.07) is 14.7. The lowest BCUT2D eigenvalue weighted by molar-refractivity contribution is -0.138. The van der Waals surface area contributed by atoms with E-state index in [-0.39, 0.29) is 12.4 Å². The van der Waals surface area contributed by atoms with Crippen LogP contribution in [0.3, 0.4) is 0 Å². The summed E-state index contributed by atoms with van der Waals surface area (Å²) >= 11 is 6.21. The molecule has 1 aliphatic carbocycles. The number of ether oxygens (including phenoxy) is 1. The molecule has 0 saturated carbocycles. The molecule has 0 saturated heterocycles. The first kappa shape index (κ1) is 17.6. The Labute approximate surface area is 162 Å². The summed E-state index contributed by atoms with van der Waals surface area (Å²) in [7, 11) is 0. The first-order valence-corrected chi connectivity index (χ1v) is 9.19. The quantitative estimate of drug-likeness (QED) is 0.799. The van der Waals surface area contributed by atoms with Gasteiger partial charge in [-0.15, -0.1) is 0 Å². The van der Waals surface area contributed by atoms with Gasteiger partial charge in [0.25, 0.3) is 0 Å². The normalized spacial score (nSPS) is 18.2. The summed E-state index contributed by atoms with van der Waals surface area (Å²) in [6.07, 6.45) is 0. The van der Waals surface area contributed by atoms with Crippen LogP contribution in [0.5, 0.6) is 0 Å².